The zero-order valence-corrected chi connectivity index (χ0v) is 15.7. The van der Waals surface area contributed by atoms with E-state index in [0.29, 0.717) is 18.4 Å². The third-order valence-corrected chi connectivity index (χ3v) is 5.69. The van der Waals surface area contributed by atoms with E-state index in [9.17, 15) is 9.90 Å². The van der Waals surface area contributed by atoms with Gasteiger partial charge in [-0.2, -0.15) is 0 Å². The van der Waals surface area contributed by atoms with Gasteiger partial charge in [0.15, 0.2) is 0 Å². The average molecular weight is 366 g/mol. The molecule has 0 aromatic heterocycles. The van der Waals surface area contributed by atoms with Crippen molar-refractivity contribution in [3.05, 3.63) is 34.9 Å². The average Bonchev–Trinajstić information content (AvgIpc) is 2.95. The molecule has 2 aliphatic rings. The van der Waals surface area contributed by atoms with Crippen LogP contribution < -0.4 is 0 Å². The maximum Gasteiger partial charge on any atom is 0.236 e. The van der Waals surface area contributed by atoms with Crippen molar-refractivity contribution in [3.8, 4) is 0 Å². The molecule has 0 radical (unpaired) electrons. The second-order valence-corrected chi connectivity index (χ2v) is 7.84. The van der Waals surface area contributed by atoms with Gasteiger partial charge in [-0.3, -0.25) is 14.6 Å². The summed E-state index contributed by atoms with van der Waals surface area (Å²) >= 11 is 6.05. The fourth-order valence-electron chi connectivity index (χ4n) is 3.85. The summed E-state index contributed by atoms with van der Waals surface area (Å²) in [6.45, 7) is 8.83. The lowest BCUT2D eigenvalue weighted by Gasteiger charge is -2.35. The second-order valence-electron chi connectivity index (χ2n) is 7.40. The number of rotatable bonds is 5. The number of hydrogen-bond donors (Lipinski definition) is 1. The maximum atomic E-state index is 12.6. The van der Waals surface area contributed by atoms with Gasteiger partial charge in [-0.1, -0.05) is 30.7 Å². The van der Waals surface area contributed by atoms with Gasteiger partial charge in [-0.05, 0) is 29.5 Å². The van der Waals surface area contributed by atoms with E-state index in [1.807, 2.05) is 23.1 Å². The topological polar surface area (TPSA) is 47.0 Å². The molecule has 3 rings (SSSR count). The highest BCUT2D eigenvalue weighted by molar-refractivity contribution is 6.30. The Bertz CT molecular complexity index is 590. The van der Waals surface area contributed by atoms with E-state index in [-0.39, 0.29) is 12.5 Å². The number of carbonyl (C=O) groups is 1. The molecule has 6 heteroatoms. The quantitative estimate of drug-likeness (QED) is 0.860. The smallest absolute Gasteiger partial charge is 0.236 e. The molecular weight excluding hydrogens is 338 g/mol. The summed E-state index contributed by atoms with van der Waals surface area (Å²) < 4.78 is 0. The zero-order chi connectivity index (χ0) is 17.8. The molecule has 25 heavy (non-hydrogen) atoms. The van der Waals surface area contributed by atoms with Crippen molar-refractivity contribution >= 4 is 17.5 Å². The minimum absolute atomic E-state index is 0.216. The van der Waals surface area contributed by atoms with Crippen LogP contribution >= 0.6 is 11.6 Å². The Morgan fingerprint density at radius 1 is 1.20 bits per heavy atom. The molecule has 138 valence electrons. The van der Waals surface area contributed by atoms with Crippen molar-refractivity contribution in [2.75, 3.05) is 52.4 Å². The minimum atomic E-state index is 0.216. The van der Waals surface area contributed by atoms with E-state index in [1.165, 1.54) is 5.56 Å². The van der Waals surface area contributed by atoms with Gasteiger partial charge in [-0.25, -0.2) is 0 Å². The number of halogens is 1. The van der Waals surface area contributed by atoms with Gasteiger partial charge < -0.3 is 10.0 Å². The Labute approximate surface area is 155 Å². The van der Waals surface area contributed by atoms with Crippen LogP contribution in [0.25, 0.3) is 0 Å². The van der Waals surface area contributed by atoms with Crippen molar-refractivity contribution < 1.29 is 9.90 Å². The number of hydrogen-bond acceptors (Lipinski definition) is 4. The Kier molecular flexibility index (Phi) is 6.34. The highest BCUT2D eigenvalue weighted by Gasteiger charge is 2.31. The third kappa shape index (κ3) is 4.94. The van der Waals surface area contributed by atoms with E-state index in [4.69, 9.17) is 11.6 Å². The lowest BCUT2D eigenvalue weighted by molar-refractivity contribution is -0.134. The number of amides is 1. The standard InChI is InChI=1S/C19H28ClN3O2/c1-15-10-22(12-17(15)14-24)13-19(25)23-7-5-21(6-8-23)11-16-3-2-4-18(20)9-16/h2-4,9,15,17,24H,5-8,10-14H2,1H3/t15-,17+/m1/s1. The highest BCUT2D eigenvalue weighted by Crippen LogP contribution is 2.22. The van der Waals surface area contributed by atoms with Gasteiger partial charge in [0.05, 0.1) is 6.54 Å². The summed E-state index contributed by atoms with van der Waals surface area (Å²) in [5, 5.41) is 10.1. The van der Waals surface area contributed by atoms with E-state index in [2.05, 4.69) is 22.8 Å². The van der Waals surface area contributed by atoms with Crippen LogP contribution in [0, 0.1) is 11.8 Å². The van der Waals surface area contributed by atoms with Crippen LogP contribution in [0.1, 0.15) is 12.5 Å². The molecule has 1 aromatic carbocycles. The van der Waals surface area contributed by atoms with Crippen LogP contribution in [-0.2, 0) is 11.3 Å². The number of likely N-dealkylation sites (tertiary alicyclic amines) is 1. The summed E-state index contributed by atoms with van der Waals surface area (Å²) in [7, 11) is 0. The molecule has 1 aromatic rings. The monoisotopic (exact) mass is 365 g/mol. The number of benzene rings is 1. The van der Waals surface area contributed by atoms with E-state index in [1.54, 1.807) is 0 Å². The van der Waals surface area contributed by atoms with Gasteiger partial charge >= 0.3 is 0 Å². The molecule has 0 saturated carbocycles. The van der Waals surface area contributed by atoms with E-state index in [0.717, 1.165) is 50.8 Å². The molecule has 0 aliphatic carbocycles. The predicted molar refractivity (Wildman–Crippen MR) is 99.5 cm³/mol. The van der Waals surface area contributed by atoms with Crippen LogP contribution in [0.2, 0.25) is 5.02 Å². The number of nitrogens with zero attached hydrogens (tertiary/aromatic N) is 3. The molecule has 2 fully saturated rings. The molecule has 2 atom stereocenters. The zero-order valence-electron chi connectivity index (χ0n) is 14.9. The van der Waals surface area contributed by atoms with Crippen molar-refractivity contribution in [1.82, 2.24) is 14.7 Å². The van der Waals surface area contributed by atoms with E-state index < -0.39 is 0 Å². The molecule has 2 saturated heterocycles. The van der Waals surface area contributed by atoms with Crippen molar-refractivity contribution in [2.45, 2.75) is 13.5 Å². The van der Waals surface area contributed by atoms with Crippen molar-refractivity contribution in [1.29, 1.82) is 0 Å². The molecular formula is C19H28ClN3O2. The first-order valence-electron chi connectivity index (χ1n) is 9.13. The molecule has 2 aliphatic heterocycles. The minimum Gasteiger partial charge on any atom is -0.396 e. The fraction of sp³-hybridized carbons (Fsp3) is 0.632. The largest absolute Gasteiger partial charge is 0.396 e. The van der Waals surface area contributed by atoms with Crippen LogP contribution in [0.3, 0.4) is 0 Å². The van der Waals surface area contributed by atoms with Gasteiger partial charge in [0.1, 0.15) is 0 Å². The lowest BCUT2D eigenvalue weighted by Crippen LogP contribution is -2.50. The first-order valence-corrected chi connectivity index (χ1v) is 9.50. The number of carbonyl (C=O) groups excluding carboxylic acids is 1. The molecule has 5 nitrogen and oxygen atoms in total. The van der Waals surface area contributed by atoms with Gasteiger partial charge in [-0.15, -0.1) is 0 Å². The van der Waals surface area contributed by atoms with Gasteiger partial charge in [0, 0.05) is 57.4 Å². The molecule has 1 amide bonds. The lowest BCUT2D eigenvalue weighted by atomic mass is 10.00. The van der Waals surface area contributed by atoms with Crippen LogP contribution in [0.15, 0.2) is 24.3 Å². The van der Waals surface area contributed by atoms with Crippen LogP contribution in [0.4, 0.5) is 0 Å². The summed E-state index contributed by atoms with van der Waals surface area (Å²) in [6.07, 6.45) is 0. The van der Waals surface area contributed by atoms with Crippen LogP contribution in [-0.4, -0.2) is 78.1 Å². The molecule has 0 unspecified atom stereocenters. The van der Waals surface area contributed by atoms with Gasteiger partial charge in [0.2, 0.25) is 5.91 Å². The Morgan fingerprint density at radius 2 is 1.96 bits per heavy atom. The summed E-state index contributed by atoms with van der Waals surface area (Å²) in [4.78, 5) is 19.1. The number of piperazine rings is 1. The molecule has 2 heterocycles. The second kappa shape index (κ2) is 8.49. The summed E-state index contributed by atoms with van der Waals surface area (Å²) in [6, 6.07) is 7.97. The molecule has 1 N–H and O–H groups in total. The van der Waals surface area contributed by atoms with Crippen LogP contribution in [0.5, 0.6) is 0 Å². The third-order valence-electron chi connectivity index (χ3n) is 5.46. The summed E-state index contributed by atoms with van der Waals surface area (Å²) in [5.74, 6) is 0.989. The summed E-state index contributed by atoms with van der Waals surface area (Å²) in [5.41, 5.74) is 1.22. The molecule has 0 spiro atoms. The number of aliphatic hydroxyl groups is 1. The highest BCUT2D eigenvalue weighted by atomic mass is 35.5. The van der Waals surface area contributed by atoms with E-state index >= 15 is 0 Å². The Morgan fingerprint density at radius 3 is 2.60 bits per heavy atom. The first-order chi connectivity index (χ1) is 12.0. The Hall–Kier alpha value is -1.14. The van der Waals surface area contributed by atoms with Crippen molar-refractivity contribution in [2.24, 2.45) is 11.8 Å². The predicted octanol–water partition coefficient (Wildman–Crippen LogP) is 1.54. The molecule has 0 bridgehead atoms. The maximum absolute atomic E-state index is 12.6. The first kappa shape index (κ1) is 18.6. The SMILES string of the molecule is C[C@@H]1CN(CC(=O)N2CCN(Cc3cccc(Cl)c3)CC2)C[C@H]1CO. The fourth-order valence-corrected chi connectivity index (χ4v) is 4.06. The van der Waals surface area contributed by atoms with Gasteiger partial charge in [0.25, 0.3) is 0 Å². The number of aliphatic hydroxyl groups excluding tert-OH is 1. The normalized spacial score (nSPS) is 25.5. The Balaban J connectivity index is 1.43. The van der Waals surface area contributed by atoms with Crippen molar-refractivity contribution in [3.63, 3.8) is 0 Å².